The van der Waals surface area contributed by atoms with E-state index in [9.17, 15) is 4.79 Å². The second-order valence-corrected chi connectivity index (χ2v) is 7.48. The van der Waals surface area contributed by atoms with Crippen molar-refractivity contribution in [3.8, 4) is 0 Å². The van der Waals surface area contributed by atoms with Gasteiger partial charge in [0, 0.05) is 18.9 Å². The lowest BCUT2D eigenvalue weighted by molar-refractivity contribution is 0.0589. The number of hydrogen-bond acceptors (Lipinski definition) is 3. The highest BCUT2D eigenvalue weighted by molar-refractivity contribution is 14.1. The summed E-state index contributed by atoms with van der Waals surface area (Å²) in [5.74, 6) is 0. The number of nitrogens with zero attached hydrogens (tertiary/aromatic N) is 2. The number of ether oxygens (including phenoxy) is 1. The molecule has 1 amide bonds. The van der Waals surface area contributed by atoms with Gasteiger partial charge in [0.25, 0.3) is 0 Å². The monoisotopic (exact) mass is 436 g/mol. The summed E-state index contributed by atoms with van der Waals surface area (Å²) in [6.45, 7) is 5.56. The van der Waals surface area contributed by atoms with Crippen molar-refractivity contribution in [1.29, 1.82) is 0 Å². The van der Waals surface area contributed by atoms with Crippen LogP contribution in [-0.4, -0.2) is 23.7 Å². The molecule has 0 bridgehead atoms. The van der Waals surface area contributed by atoms with Crippen molar-refractivity contribution in [3.63, 3.8) is 0 Å². The zero-order chi connectivity index (χ0) is 17.7. The van der Waals surface area contributed by atoms with Gasteiger partial charge in [0.15, 0.2) is 0 Å². The van der Waals surface area contributed by atoms with Gasteiger partial charge in [0.05, 0.1) is 0 Å². The average Bonchev–Trinajstić information content (AvgIpc) is 2.52. The van der Waals surface area contributed by atoms with Gasteiger partial charge in [-0.15, -0.1) is 0 Å². The minimum atomic E-state index is -0.504. The third-order valence-corrected chi connectivity index (χ3v) is 3.80. The molecular formula is C19H21IN2O2. The molecule has 0 saturated carbocycles. The number of carbonyl (C=O) groups excluding carboxylic acids is 1. The fourth-order valence-corrected chi connectivity index (χ4v) is 2.24. The van der Waals surface area contributed by atoms with Gasteiger partial charge in [-0.3, -0.25) is 4.90 Å². The van der Waals surface area contributed by atoms with Crippen molar-refractivity contribution in [2.45, 2.75) is 26.4 Å². The first-order valence-corrected chi connectivity index (χ1v) is 8.69. The van der Waals surface area contributed by atoms with E-state index in [1.54, 1.807) is 7.05 Å². The van der Waals surface area contributed by atoms with E-state index in [1.165, 1.54) is 4.90 Å². The van der Waals surface area contributed by atoms with Gasteiger partial charge in [-0.05, 0) is 72.7 Å². The Morgan fingerprint density at radius 2 is 1.67 bits per heavy atom. The molecule has 24 heavy (non-hydrogen) atoms. The van der Waals surface area contributed by atoms with E-state index in [0.717, 1.165) is 20.5 Å². The highest BCUT2D eigenvalue weighted by Crippen LogP contribution is 2.18. The number of pyridine rings is 1. The predicted octanol–water partition coefficient (Wildman–Crippen LogP) is 5.23. The van der Waals surface area contributed by atoms with Crippen LogP contribution in [0.2, 0.25) is 0 Å². The van der Waals surface area contributed by atoms with Crippen LogP contribution in [0.3, 0.4) is 0 Å². The molecular weight excluding hydrogens is 415 g/mol. The highest BCUT2D eigenvalue weighted by Gasteiger charge is 2.20. The normalized spacial score (nSPS) is 11.5. The minimum Gasteiger partial charge on any atom is -0.443 e. The van der Waals surface area contributed by atoms with Gasteiger partial charge in [-0.25, -0.2) is 9.78 Å². The predicted molar refractivity (Wildman–Crippen MR) is 107 cm³/mol. The quantitative estimate of drug-likeness (QED) is 0.489. The lowest BCUT2D eigenvalue weighted by Gasteiger charge is -2.24. The molecule has 4 nitrogen and oxygen atoms in total. The molecule has 5 heteroatoms. The van der Waals surface area contributed by atoms with E-state index >= 15 is 0 Å². The Kier molecular flexibility index (Phi) is 5.99. The molecule has 0 aliphatic rings. The van der Waals surface area contributed by atoms with E-state index in [-0.39, 0.29) is 6.09 Å². The first kappa shape index (κ1) is 18.4. The number of halogens is 1. The molecule has 1 aromatic carbocycles. The molecule has 126 valence electrons. The maximum absolute atomic E-state index is 12.1. The molecule has 0 spiro atoms. The van der Waals surface area contributed by atoms with Gasteiger partial charge in [0.1, 0.15) is 9.30 Å². The van der Waals surface area contributed by atoms with Crippen molar-refractivity contribution >= 4 is 46.5 Å². The number of amides is 1. The number of rotatable bonds is 3. The van der Waals surface area contributed by atoms with Crippen LogP contribution in [0.1, 0.15) is 31.9 Å². The van der Waals surface area contributed by atoms with Crippen molar-refractivity contribution < 1.29 is 9.53 Å². The summed E-state index contributed by atoms with van der Waals surface area (Å²) in [7, 11) is 1.70. The van der Waals surface area contributed by atoms with Gasteiger partial charge >= 0.3 is 6.09 Å². The second kappa shape index (κ2) is 7.79. The summed E-state index contributed by atoms with van der Waals surface area (Å²) in [4.78, 5) is 17.8. The minimum absolute atomic E-state index is 0.365. The molecule has 0 aliphatic carbocycles. The van der Waals surface area contributed by atoms with Crippen molar-refractivity contribution in [1.82, 2.24) is 4.98 Å². The summed E-state index contributed by atoms with van der Waals surface area (Å²) in [6.07, 6.45) is 5.50. The highest BCUT2D eigenvalue weighted by atomic mass is 127. The Labute approximate surface area is 156 Å². The van der Waals surface area contributed by atoms with Gasteiger partial charge in [0.2, 0.25) is 0 Å². The molecule has 0 aliphatic heterocycles. The Balaban J connectivity index is 2.04. The Bertz CT molecular complexity index is 717. The van der Waals surface area contributed by atoms with Crippen LogP contribution in [0.15, 0.2) is 42.6 Å². The molecule has 0 radical (unpaired) electrons. The van der Waals surface area contributed by atoms with Crippen LogP contribution >= 0.6 is 22.6 Å². The smallest absolute Gasteiger partial charge is 0.414 e. The molecule has 0 N–H and O–H groups in total. The lowest BCUT2D eigenvalue weighted by atomic mass is 10.1. The average molecular weight is 436 g/mol. The summed E-state index contributed by atoms with van der Waals surface area (Å²) >= 11 is 2.18. The van der Waals surface area contributed by atoms with Gasteiger partial charge in [-0.2, -0.15) is 0 Å². The summed E-state index contributed by atoms with van der Waals surface area (Å²) in [5, 5.41) is 0. The van der Waals surface area contributed by atoms with Crippen molar-refractivity contribution in [2.24, 2.45) is 0 Å². The lowest BCUT2D eigenvalue weighted by Crippen LogP contribution is -2.34. The van der Waals surface area contributed by atoms with Crippen LogP contribution < -0.4 is 4.90 Å². The summed E-state index contributed by atoms with van der Waals surface area (Å²) in [6, 6.07) is 11.7. The maximum Gasteiger partial charge on any atom is 0.414 e. The molecule has 0 fully saturated rings. The molecule has 1 heterocycles. The van der Waals surface area contributed by atoms with Crippen LogP contribution in [0, 0.1) is 3.70 Å². The van der Waals surface area contributed by atoms with E-state index in [0.29, 0.717) is 0 Å². The number of hydrogen-bond donors (Lipinski definition) is 0. The van der Waals surface area contributed by atoms with Crippen LogP contribution in [0.4, 0.5) is 10.5 Å². The topological polar surface area (TPSA) is 42.4 Å². The van der Waals surface area contributed by atoms with Gasteiger partial charge in [-0.1, -0.05) is 30.4 Å². The molecule has 0 saturated heterocycles. The van der Waals surface area contributed by atoms with Crippen molar-refractivity contribution in [2.75, 3.05) is 11.9 Å². The summed E-state index contributed by atoms with van der Waals surface area (Å²) in [5.41, 5.74) is 2.38. The van der Waals surface area contributed by atoms with E-state index in [1.807, 2.05) is 75.5 Å². The molecule has 2 aromatic rings. The van der Waals surface area contributed by atoms with E-state index < -0.39 is 5.60 Å². The maximum atomic E-state index is 12.1. The molecule has 0 unspecified atom stereocenters. The third-order valence-electron chi connectivity index (χ3n) is 3.17. The van der Waals surface area contributed by atoms with Gasteiger partial charge < -0.3 is 4.74 Å². The molecule has 0 atom stereocenters. The molecule has 1 aromatic heterocycles. The van der Waals surface area contributed by atoms with Crippen molar-refractivity contribution in [3.05, 3.63) is 57.4 Å². The number of anilines is 1. The zero-order valence-electron chi connectivity index (χ0n) is 14.3. The Morgan fingerprint density at radius 3 is 2.21 bits per heavy atom. The standard InChI is InChI=1S/C19H21IN2O2/c1-19(2,3)24-18(23)22(4)16-10-7-14(8-11-16)5-6-15-9-12-17(20)21-13-15/h5-13H,1-4H3. The van der Waals surface area contributed by atoms with Crippen LogP contribution in [-0.2, 0) is 4.74 Å². The third kappa shape index (κ3) is 5.63. The number of benzene rings is 1. The van der Waals surface area contributed by atoms with E-state index in [4.69, 9.17) is 4.74 Å². The first-order valence-electron chi connectivity index (χ1n) is 7.61. The molecule has 2 rings (SSSR count). The SMILES string of the molecule is CN(C(=O)OC(C)(C)C)c1ccc(C=Cc2ccc(I)nc2)cc1. The Hall–Kier alpha value is -1.89. The number of aromatic nitrogens is 1. The fraction of sp³-hybridized carbons (Fsp3) is 0.263. The Morgan fingerprint density at radius 1 is 1.08 bits per heavy atom. The van der Waals surface area contributed by atoms with Crippen LogP contribution in [0.25, 0.3) is 12.2 Å². The largest absolute Gasteiger partial charge is 0.443 e. The second-order valence-electron chi connectivity index (χ2n) is 6.38. The summed E-state index contributed by atoms with van der Waals surface area (Å²) < 4.78 is 6.34. The van der Waals surface area contributed by atoms with Crippen LogP contribution in [0.5, 0.6) is 0 Å². The fourth-order valence-electron chi connectivity index (χ4n) is 1.92. The first-order chi connectivity index (χ1) is 11.2. The zero-order valence-corrected chi connectivity index (χ0v) is 16.4. The van der Waals surface area contributed by atoms with E-state index in [2.05, 4.69) is 27.6 Å². The number of carbonyl (C=O) groups is 1.